The summed E-state index contributed by atoms with van der Waals surface area (Å²) in [6.45, 7) is 2.09. The number of hydrogen-bond acceptors (Lipinski definition) is 6. The normalized spacial score (nSPS) is 12.9. The van der Waals surface area contributed by atoms with E-state index >= 15 is 0 Å². The number of nitrogens with zero attached hydrogens (tertiary/aromatic N) is 3. The van der Waals surface area contributed by atoms with E-state index < -0.39 is 0 Å². The monoisotopic (exact) mass is 522 g/mol. The minimum Gasteiger partial charge on any atom is -0.376 e. The SMILES string of the molecule is COC(COCc1ccccc1)C(CCn1cc(-c2ccccc2)c2cnc(N)nc21)OCc1ccccc1. The van der Waals surface area contributed by atoms with Gasteiger partial charge in [-0.25, -0.2) is 4.98 Å². The number of aromatic nitrogens is 3. The number of nitrogens with two attached hydrogens (primary N) is 1. The minimum atomic E-state index is -0.243. The Kier molecular flexibility index (Phi) is 8.96. The highest BCUT2D eigenvalue weighted by Gasteiger charge is 2.24. The molecule has 0 aliphatic carbocycles. The van der Waals surface area contributed by atoms with Gasteiger partial charge < -0.3 is 24.5 Å². The fraction of sp³-hybridized carbons (Fsp3) is 0.250. The van der Waals surface area contributed by atoms with Crippen LogP contribution in [0.3, 0.4) is 0 Å². The van der Waals surface area contributed by atoms with Crippen molar-refractivity contribution in [2.45, 2.75) is 38.4 Å². The summed E-state index contributed by atoms with van der Waals surface area (Å²) in [6, 6.07) is 30.6. The molecule has 2 heterocycles. The van der Waals surface area contributed by atoms with E-state index in [2.05, 4.69) is 57.1 Å². The van der Waals surface area contributed by atoms with E-state index in [4.69, 9.17) is 19.9 Å². The molecule has 0 radical (unpaired) electrons. The van der Waals surface area contributed by atoms with Gasteiger partial charge in [-0.15, -0.1) is 0 Å². The highest BCUT2D eigenvalue weighted by molar-refractivity contribution is 5.94. The first kappa shape index (κ1) is 26.6. The molecule has 2 aromatic heterocycles. The molecule has 2 N–H and O–H groups in total. The summed E-state index contributed by atoms with van der Waals surface area (Å²) < 4.78 is 20.5. The van der Waals surface area contributed by atoms with Crippen molar-refractivity contribution in [3.8, 4) is 11.1 Å². The van der Waals surface area contributed by atoms with Crippen molar-refractivity contribution in [3.05, 3.63) is 115 Å². The third kappa shape index (κ3) is 6.89. The Bertz CT molecular complexity index is 1440. The molecular formula is C32H34N4O3. The zero-order chi connectivity index (χ0) is 26.9. The second-order valence-electron chi connectivity index (χ2n) is 9.47. The van der Waals surface area contributed by atoms with Gasteiger partial charge in [0.2, 0.25) is 5.95 Å². The Morgan fingerprint density at radius 3 is 2.13 bits per heavy atom. The molecule has 5 rings (SSSR count). The number of anilines is 1. The Balaban J connectivity index is 1.35. The maximum absolute atomic E-state index is 6.46. The molecule has 5 aromatic rings. The number of hydrogen-bond donors (Lipinski definition) is 1. The summed E-state index contributed by atoms with van der Waals surface area (Å²) in [5.74, 6) is 0.252. The number of rotatable bonds is 13. The van der Waals surface area contributed by atoms with Gasteiger partial charge in [-0.3, -0.25) is 0 Å². The maximum atomic E-state index is 6.46. The summed E-state index contributed by atoms with van der Waals surface area (Å²) in [4.78, 5) is 8.83. The summed E-state index contributed by atoms with van der Waals surface area (Å²) in [5.41, 5.74) is 11.2. The van der Waals surface area contributed by atoms with Gasteiger partial charge in [0.15, 0.2) is 0 Å². The van der Waals surface area contributed by atoms with Crippen molar-refractivity contribution in [1.29, 1.82) is 0 Å². The lowest BCUT2D eigenvalue weighted by molar-refractivity contribution is -0.101. The van der Waals surface area contributed by atoms with Crippen molar-refractivity contribution in [3.63, 3.8) is 0 Å². The first-order valence-electron chi connectivity index (χ1n) is 13.2. The van der Waals surface area contributed by atoms with E-state index in [1.807, 2.05) is 54.6 Å². The van der Waals surface area contributed by atoms with Crippen molar-refractivity contribution in [2.75, 3.05) is 19.5 Å². The van der Waals surface area contributed by atoms with Crippen LogP contribution in [0.4, 0.5) is 5.95 Å². The molecule has 0 spiro atoms. The number of nitrogen functional groups attached to an aromatic ring is 1. The number of ether oxygens (including phenoxy) is 3. The topological polar surface area (TPSA) is 84.4 Å². The third-order valence-electron chi connectivity index (χ3n) is 6.79. The fourth-order valence-electron chi connectivity index (χ4n) is 4.71. The molecule has 0 fully saturated rings. The number of benzene rings is 3. The summed E-state index contributed by atoms with van der Waals surface area (Å²) in [7, 11) is 1.71. The first-order valence-corrected chi connectivity index (χ1v) is 13.2. The summed E-state index contributed by atoms with van der Waals surface area (Å²) >= 11 is 0. The molecule has 3 aromatic carbocycles. The highest BCUT2D eigenvalue weighted by atomic mass is 16.6. The molecule has 7 heteroatoms. The smallest absolute Gasteiger partial charge is 0.221 e. The lowest BCUT2D eigenvalue weighted by Crippen LogP contribution is -2.35. The van der Waals surface area contributed by atoms with Crippen molar-refractivity contribution < 1.29 is 14.2 Å². The number of methoxy groups -OCH3 is 1. The Hall–Kier alpha value is -4.04. The molecule has 0 amide bonds. The average Bonchev–Trinajstić information content (AvgIpc) is 3.35. The van der Waals surface area contributed by atoms with E-state index in [0.717, 1.165) is 33.3 Å². The van der Waals surface area contributed by atoms with Crippen LogP contribution in [-0.2, 0) is 34.0 Å². The van der Waals surface area contributed by atoms with Gasteiger partial charge in [0.05, 0.1) is 25.9 Å². The van der Waals surface area contributed by atoms with Crippen LogP contribution in [0, 0.1) is 0 Å². The first-order chi connectivity index (χ1) is 19.2. The highest BCUT2D eigenvalue weighted by Crippen LogP contribution is 2.30. The van der Waals surface area contributed by atoms with Crippen LogP contribution in [0.2, 0.25) is 0 Å². The van der Waals surface area contributed by atoms with E-state index in [1.54, 1.807) is 13.3 Å². The van der Waals surface area contributed by atoms with Crippen LogP contribution in [0.25, 0.3) is 22.2 Å². The predicted octanol–water partition coefficient (Wildman–Crippen LogP) is 5.89. The van der Waals surface area contributed by atoms with Crippen LogP contribution >= 0.6 is 0 Å². The van der Waals surface area contributed by atoms with E-state index in [1.165, 1.54) is 0 Å². The predicted molar refractivity (Wildman–Crippen MR) is 154 cm³/mol. The minimum absolute atomic E-state index is 0.206. The zero-order valence-electron chi connectivity index (χ0n) is 22.1. The Labute approximate surface area is 229 Å². The quantitative estimate of drug-likeness (QED) is 0.208. The molecule has 0 saturated carbocycles. The van der Waals surface area contributed by atoms with Gasteiger partial charge in [-0.05, 0) is 23.1 Å². The number of fused-ring (bicyclic) bond motifs is 1. The largest absolute Gasteiger partial charge is 0.376 e. The van der Waals surface area contributed by atoms with Gasteiger partial charge in [0.1, 0.15) is 11.8 Å². The van der Waals surface area contributed by atoms with Crippen LogP contribution in [-0.4, -0.2) is 40.5 Å². The second kappa shape index (κ2) is 13.2. The molecule has 200 valence electrons. The van der Waals surface area contributed by atoms with Gasteiger partial charge in [-0.1, -0.05) is 91.0 Å². The van der Waals surface area contributed by atoms with Crippen molar-refractivity contribution in [1.82, 2.24) is 14.5 Å². The van der Waals surface area contributed by atoms with Gasteiger partial charge in [0, 0.05) is 37.0 Å². The standard InChI is InChI=1S/C32H34N4O3/c1-37-30(23-38-21-24-11-5-2-6-12-24)29(39-22-25-13-7-3-8-14-25)17-18-36-20-28(26-15-9-4-10-16-26)27-19-34-32(33)35-31(27)36/h2-16,19-20,29-30H,17-18,21-23H2,1H3,(H2,33,34,35). The molecule has 0 bridgehead atoms. The van der Waals surface area contributed by atoms with E-state index in [-0.39, 0.29) is 18.2 Å². The van der Waals surface area contributed by atoms with Crippen molar-refractivity contribution in [2.24, 2.45) is 0 Å². The molecule has 0 aliphatic heterocycles. The molecule has 0 aliphatic rings. The van der Waals surface area contributed by atoms with Gasteiger partial charge in [0.25, 0.3) is 0 Å². The van der Waals surface area contributed by atoms with Crippen LogP contribution in [0.15, 0.2) is 103 Å². The third-order valence-corrected chi connectivity index (χ3v) is 6.79. The van der Waals surface area contributed by atoms with E-state index in [9.17, 15) is 0 Å². The Morgan fingerprint density at radius 1 is 0.821 bits per heavy atom. The lowest BCUT2D eigenvalue weighted by Gasteiger charge is -2.27. The molecule has 2 unspecified atom stereocenters. The molecule has 39 heavy (non-hydrogen) atoms. The van der Waals surface area contributed by atoms with Crippen LogP contribution < -0.4 is 5.73 Å². The van der Waals surface area contributed by atoms with Gasteiger partial charge >= 0.3 is 0 Å². The van der Waals surface area contributed by atoms with Crippen LogP contribution in [0.1, 0.15) is 17.5 Å². The number of aryl methyl sites for hydroxylation is 1. The fourth-order valence-corrected chi connectivity index (χ4v) is 4.71. The molecular weight excluding hydrogens is 488 g/mol. The summed E-state index contributed by atoms with van der Waals surface area (Å²) in [5, 5.41) is 0.964. The average molecular weight is 523 g/mol. The van der Waals surface area contributed by atoms with E-state index in [0.29, 0.717) is 32.8 Å². The van der Waals surface area contributed by atoms with Crippen LogP contribution in [0.5, 0.6) is 0 Å². The van der Waals surface area contributed by atoms with Gasteiger partial charge in [-0.2, -0.15) is 4.98 Å². The molecule has 7 nitrogen and oxygen atoms in total. The van der Waals surface area contributed by atoms with Crippen molar-refractivity contribution >= 4 is 17.0 Å². The zero-order valence-corrected chi connectivity index (χ0v) is 22.1. The second-order valence-corrected chi connectivity index (χ2v) is 9.47. The molecule has 2 atom stereocenters. The Morgan fingerprint density at radius 2 is 1.46 bits per heavy atom. The lowest BCUT2D eigenvalue weighted by atomic mass is 10.1. The maximum Gasteiger partial charge on any atom is 0.221 e. The molecule has 0 saturated heterocycles. The summed E-state index contributed by atoms with van der Waals surface area (Å²) in [6.07, 6.45) is 4.17.